The summed E-state index contributed by atoms with van der Waals surface area (Å²) in [5.74, 6) is -1.39. The number of hydrogen-bond acceptors (Lipinski definition) is 3. The third-order valence-electron chi connectivity index (χ3n) is 2.20. The fourth-order valence-electron chi connectivity index (χ4n) is 1.51. The summed E-state index contributed by atoms with van der Waals surface area (Å²) in [5.41, 5.74) is -1.94. The number of nitrogens with zero attached hydrogens (tertiary/aromatic N) is 2. The Kier molecular flexibility index (Phi) is 2.86. The van der Waals surface area contributed by atoms with Gasteiger partial charge in [-0.3, -0.25) is 0 Å². The average molecular weight is 277 g/mol. The molecule has 8 heteroatoms. The Balaban J connectivity index is 2.91. The summed E-state index contributed by atoms with van der Waals surface area (Å²) >= 11 is 5.39. The van der Waals surface area contributed by atoms with Crippen LogP contribution >= 0.6 is 11.6 Å². The van der Waals surface area contributed by atoms with Crippen LogP contribution in [0.2, 0.25) is 5.28 Å². The van der Waals surface area contributed by atoms with Gasteiger partial charge in [-0.25, -0.2) is 14.8 Å². The van der Waals surface area contributed by atoms with Crippen LogP contribution in [0.25, 0.3) is 10.9 Å². The number of fused-ring (bicyclic) bond motifs is 1. The molecule has 1 aromatic carbocycles. The lowest BCUT2D eigenvalue weighted by molar-refractivity contribution is -0.139. The van der Waals surface area contributed by atoms with Gasteiger partial charge in [0.15, 0.2) is 5.69 Å². The molecule has 4 nitrogen and oxygen atoms in total. The van der Waals surface area contributed by atoms with Crippen molar-refractivity contribution in [2.24, 2.45) is 0 Å². The first-order chi connectivity index (χ1) is 8.30. The van der Waals surface area contributed by atoms with Crippen molar-refractivity contribution >= 4 is 28.5 Å². The summed E-state index contributed by atoms with van der Waals surface area (Å²) in [4.78, 5) is 17.6. The fourth-order valence-corrected chi connectivity index (χ4v) is 1.68. The van der Waals surface area contributed by atoms with Crippen molar-refractivity contribution in [2.45, 2.75) is 6.18 Å². The number of carbonyl (C=O) groups is 1. The summed E-state index contributed by atoms with van der Waals surface area (Å²) in [6.45, 7) is 0. The number of carboxylic acids is 1. The molecule has 2 aromatic rings. The van der Waals surface area contributed by atoms with Crippen LogP contribution in [-0.4, -0.2) is 21.0 Å². The van der Waals surface area contributed by atoms with E-state index < -0.39 is 28.5 Å². The number of carboxylic acid groups (broad SMARTS) is 1. The van der Waals surface area contributed by atoms with Crippen LogP contribution < -0.4 is 0 Å². The molecule has 0 aliphatic rings. The lowest BCUT2D eigenvalue weighted by atomic mass is 10.1. The van der Waals surface area contributed by atoms with E-state index in [0.29, 0.717) is 0 Å². The zero-order valence-electron chi connectivity index (χ0n) is 8.49. The number of rotatable bonds is 1. The number of aromatic nitrogens is 2. The normalized spacial score (nSPS) is 11.8. The van der Waals surface area contributed by atoms with Crippen molar-refractivity contribution in [1.29, 1.82) is 0 Å². The second-order valence-corrected chi connectivity index (χ2v) is 3.68. The van der Waals surface area contributed by atoms with Crippen LogP contribution in [-0.2, 0) is 6.18 Å². The number of halogens is 4. The van der Waals surface area contributed by atoms with E-state index in [9.17, 15) is 18.0 Å². The molecule has 0 radical (unpaired) electrons. The Morgan fingerprint density at radius 3 is 2.50 bits per heavy atom. The molecule has 18 heavy (non-hydrogen) atoms. The molecule has 0 unspecified atom stereocenters. The molecule has 0 fully saturated rings. The Hall–Kier alpha value is -1.89. The first kappa shape index (κ1) is 12.6. The van der Waals surface area contributed by atoms with Crippen LogP contribution in [0.15, 0.2) is 18.2 Å². The molecule has 0 spiro atoms. The highest BCUT2D eigenvalue weighted by Crippen LogP contribution is 2.34. The fraction of sp³-hybridized carbons (Fsp3) is 0.100. The van der Waals surface area contributed by atoms with E-state index in [2.05, 4.69) is 9.97 Å². The highest BCUT2D eigenvalue weighted by molar-refractivity contribution is 6.28. The van der Waals surface area contributed by atoms with E-state index in [1.807, 2.05) is 0 Å². The summed E-state index contributed by atoms with van der Waals surface area (Å²) in [5, 5.41) is 7.84. The predicted molar refractivity (Wildman–Crippen MR) is 56.5 cm³/mol. The maximum Gasteiger partial charge on any atom is 0.434 e. The lowest BCUT2D eigenvalue weighted by Gasteiger charge is -2.10. The first-order valence-electron chi connectivity index (χ1n) is 4.57. The zero-order valence-corrected chi connectivity index (χ0v) is 9.25. The average Bonchev–Trinajstić information content (AvgIpc) is 2.25. The van der Waals surface area contributed by atoms with Crippen LogP contribution in [0.3, 0.4) is 0 Å². The summed E-state index contributed by atoms with van der Waals surface area (Å²) in [7, 11) is 0. The van der Waals surface area contributed by atoms with Gasteiger partial charge in [-0.05, 0) is 17.7 Å². The second-order valence-electron chi connectivity index (χ2n) is 3.35. The third-order valence-corrected chi connectivity index (χ3v) is 2.37. The summed E-state index contributed by atoms with van der Waals surface area (Å²) in [6.07, 6.45) is -4.73. The summed E-state index contributed by atoms with van der Waals surface area (Å²) < 4.78 is 38.2. The Morgan fingerprint density at radius 2 is 1.94 bits per heavy atom. The van der Waals surface area contributed by atoms with Gasteiger partial charge in [0, 0.05) is 5.39 Å². The van der Waals surface area contributed by atoms with Crippen molar-refractivity contribution in [2.75, 3.05) is 0 Å². The Labute approximate surface area is 103 Å². The van der Waals surface area contributed by atoms with E-state index in [1.165, 1.54) is 6.07 Å². The molecular weight excluding hydrogens is 273 g/mol. The quantitative estimate of drug-likeness (QED) is 0.813. The number of para-hydroxylation sites is 1. The molecule has 0 saturated carbocycles. The molecule has 2 rings (SSSR count). The topological polar surface area (TPSA) is 63.1 Å². The maximum atomic E-state index is 12.7. The van der Waals surface area contributed by atoms with Crippen LogP contribution in [0.5, 0.6) is 0 Å². The van der Waals surface area contributed by atoms with Crippen LogP contribution in [0.1, 0.15) is 16.1 Å². The molecule has 1 heterocycles. The minimum absolute atomic E-state index is 0.336. The van der Waals surface area contributed by atoms with E-state index in [-0.39, 0.29) is 11.1 Å². The molecule has 1 aromatic heterocycles. The molecule has 0 aliphatic heterocycles. The smallest absolute Gasteiger partial charge is 0.434 e. The van der Waals surface area contributed by atoms with Gasteiger partial charge in [-0.1, -0.05) is 12.1 Å². The van der Waals surface area contributed by atoms with Gasteiger partial charge >= 0.3 is 12.1 Å². The van der Waals surface area contributed by atoms with Gasteiger partial charge < -0.3 is 5.11 Å². The molecule has 0 atom stereocenters. The van der Waals surface area contributed by atoms with E-state index in [1.54, 1.807) is 0 Å². The Morgan fingerprint density at radius 1 is 1.28 bits per heavy atom. The number of benzene rings is 1. The van der Waals surface area contributed by atoms with Crippen molar-refractivity contribution in [3.8, 4) is 0 Å². The van der Waals surface area contributed by atoms with Crippen molar-refractivity contribution < 1.29 is 23.1 Å². The number of aromatic carboxylic acids is 1. The highest BCUT2D eigenvalue weighted by atomic mass is 35.5. The summed E-state index contributed by atoms with van der Waals surface area (Å²) in [6, 6.07) is 3.44. The van der Waals surface area contributed by atoms with Gasteiger partial charge in [0.2, 0.25) is 5.28 Å². The van der Waals surface area contributed by atoms with Gasteiger partial charge in [0.05, 0.1) is 11.1 Å². The SMILES string of the molecule is O=C(O)c1cccc2c(C(F)(F)F)nc(Cl)nc12. The zero-order chi connectivity index (χ0) is 13.5. The van der Waals surface area contributed by atoms with E-state index in [4.69, 9.17) is 16.7 Å². The van der Waals surface area contributed by atoms with Gasteiger partial charge in [-0.2, -0.15) is 13.2 Å². The molecule has 0 bridgehead atoms. The molecule has 94 valence electrons. The van der Waals surface area contributed by atoms with Crippen molar-refractivity contribution in [3.63, 3.8) is 0 Å². The van der Waals surface area contributed by atoms with Crippen molar-refractivity contribution in [1.82, 2.24) is 9.97 Å². The molecule has 0 aliphatic carbocycles. The second kappa shape index (κ2) is 4.09. The molecular formula is C10H4ClF3N2O2. The van der Waals surface area contributed by atoms with Gasteiger partial charge in [-0.15, -0.1) is 0 Å². The number of alkyl halides is 3. The van der Waals surface area contributed by atoms with E-state index >= 15 is 0 Å². The lowest BCUT2D eigenvalue weighted by Crippen LogP contribution is -2.11. The third kappa shape index (κ3) is 2.08. The van der Waals surface area contributed by atoms with Crippen LogP contribution in [0, 0.1) is 0 Å². The van der Waals surface area contributed by atoms with Crippen molar-refractivity contribution in [3.05, 3.63) is 34.7 Å². The molecule has 1 N–H and O–H groups in total. The maximum absolute atomic E-state index is 12.7. The van der Waals surface area contributed by atoms with Crippen LogP contribution in [0.4, 0.5) is 13.2 Å². The number of hydrogen-bond donors (Lipinski definition) is 1. The minimum atomic E-state index is -4.73. The largest absolute Gasteiger partial charge is 0.478 e. The highest BCUT2D eigenvalue weighted by Gasteiger charge is 2.36. The predicted octanol–water partition coefficient (Wildman–Crippen LogP) is 3.00. The molecule has 0 saturated heterocycles. The Bertz CT molecular complexity index is 643. The standard InChI is InChI=1S/C10H4ClF3N2O2/c11-9-15-6-4(7(16-9)10(12,13)14)2-1-3-5(6)8(17)18/h1-3H,(H,17,18). The molecule has 0 amide bonds. The van der Waals surface area contributed by atoms with E-state index in [0.717, 1.165) is 12.1 Å². The first-order valence-corrected chi connectivity index (χ1v) is 4.95. The minimum Gasteiger partial charge on any atom is -0.478 e. The van der Waals surface area contributed by atoms with Gasteiger partial charge in [0.1, 0.15) is 0 Å². The monoisotopic (exact) mass is 276 g/mol. The van der Waals surface area contributed by atoms with Gasteiger partial charge in [0.25, 0.3) is 0 Å².